The molecule has 0 rings (SSSR count). The van der Waals surface area contributed by atoms with Crippen molar-refractivity contribution in [1.29, 1.82) is 0 Å². The summed E-state index contributed by atoms with van der Waals surface area (Å²) in [6.07, 6.45) is 0.0472. The van der Waals surface area contributed by atoms with Crippen LogP contribution in [0.25, 0.3) is 0 Å². The average molecular weight is 496 g/mol. The van der Waals surface area contributed by atoms with Gasteiger partial charge in [-0.25, -0.2) is 0 Å². The lowest BCUT2D eigenvalue weighted by Gasteiger charge is -2.23. The number of carbonyl (C=O) groups excluding carboxylic acids is 4. The maximum atomic E-state index is 12.4. The number of carbonyl (C=O) groups is 4. The summed E-state index contributed by atoms with van der Waals surface area (Å²) in [6.45, 7) is 12.4. The monoisotopic (exact) mass is 495 g/mol. The van der Waals surface area contributed by atoms with Crippen LogP contribution in [0, 0.1) is 5.92 Å². The molecule has 168 valence electrons. The van der Waals surface area contributed by atoms with E-state index in [1.807, 2.05) is 20.8 Å². The maximum absolute atomic E-state index is 12.4. The van der Waals surface area contributed by atoms with Crippen LogP contribution in [0.2, 0.25) is 0 Å². The number of alkyl halides is 1. The van der Waals surface area contributed by atoms with Gasteiger partial charge in [-0.1, -0.05) is 22.9 Å². The molecule has 1 amide bonds. The van der Waals surface area contributed by atoms with Crippen LogP contribution < -0.4 is 5.32 Å². The number of amides is 1. The summed E-state index contributed by atoms with van der Waals surface area (Å²) in [5.41, 5.74) is -1.18. The summed E-state index contributed by atoms with van der Waals surface area (Å²) in [7, 11) is 0. The molecule has 0 aromatic rings. The fourth-order valence-corrected chi connectivity index (χ4v) is 3.46. The van der Waals surface area contributed by atoms with Crippen molar-refractivity contribution in [2.45, 2.75) is 78.6 Å². The van der Waals surface area contributed by atoms with Gasteiger partial charge in [-0.15, -0.1) is 0 Å². The Kier molecular flexibility index (Phi) is 12.1. The number of ether oxygens (including phenoxy) is 2. The van der Waals surface area contributed by atoms with E-state index in [0.717, 1.165) is 0 Å². The van der Waals surface area contributed by atoms with E-state index in [1.54, 1.807) is 27.7 Å². The summed E-state index contributed by atoms with van der Waals surface area (Å²) in [6, 6.07) is -0.939. The fourth-order valence-electron chi connectivity index (χ4n) is 2.09. The van der Waals surface area contributed by atoms with Crippen molar-refractivity contribution in [2.24, 2.45) is 5.92 Å². The van der Waals surface area contributed by atoms with E-state index in [2.05, 4.69) is 21.2 Å². The first-order valence-electron chi connectivity index (χ1n) is 9.55. The smallest absolute Gasteiger partial charge is 0.308 e. The van der Waals surface area contributed by atoms with E-state index in [1.165, 1.54) is 11.8 Å². The maximum Gasteiger partial charge on any atom is 0.308 e. The molecule has 0 heterocycles. The Hall–Kier alpha value is -1.09. The van der Waals surface area contributed by atoms with Crippen LogP contribution in [0.3, 0.4) is 0 Å². The lowest BCUT2D eigenvalue weighted by Crippen LogP contribution is -2.46. The fraction of sp³-hybridized carbons (Fsp3) is 0.800. The van der Waals surface area contributed by atoms with Crippen molar-refractivity contribution < 1.29 is 28.7 Å². The molecule has 0 bridgehead atoms. The Balaban J connectivity index is 4.52. The van der Waals surface area contributed by atoms with Gasteiger partial charge in [0, 0.05) is 17.4 Å². The molecular formula is C20H34BrNO6S. The topological polar surface area (TPSA) is 98.8 Å². The predicted octanol–water partition coefficient (Wildman–Crippen LogP) is 3.27. The molecule has 0 aliphatic heterocycles. The lowest BCUT2D eigenvalue weighted by molar-refractivity contribution is -0.156. The number of hydrogen-bond donors (Lipinski definition) is 1. The molecule has 0 radical (unpaired) electrons. The van der Waals surface area contributed by atoms with Crippen LogP contribution in [0.15, 0.2) is 0 Å². The van der Waals surface area contributed by atoms with Crippen molar-refractivity contribution in [3.63, 3.8) is 0 Å². The molecular weight excluding hydrogens is 462 g/mol. The number of ketones is 1. The third-order valence-corrected chi connectivity index (χ3v) is 5.09. The zero-order valence-electron chi connectivity index (χ0n) is 18.4. The summed E-state index contributed by atoms with van der Waals surface area (Å²) in [4.78, 5) is 48.2. The Bertz CT molecular complexity index is 583. The molecule has 0 aromatic heterocycles. The first-order chi connectivity index (χ1) is 13.1. The number of esters is 2. The molecule has 0 aromatic carbocycles. The third-order valence-electron chi connectivity index (χ3n) is 3.31. The van der Waals surface area contributed by atoms with Gasteiger partial charge >= 0.3 is 11.9 Å². The van der Waals surface area contributed by atoms with Gasteiger partial charge < -0.3 is 14.8 Å². The highest BCUT2D eigenvalue weighted by Gasteiger charge is 2.27. The highest BCUT2D eigenvalue weighted by molar-refractivity contribution is 9.09. The standard InChI is InChI=1S/C20H34BrNO6S/c1-13(12-29-9-8-16(24)27-19(2,3)4)18(26)22-14(15(23)11-21)10-17(25)28-20(5,6)7/h13-14H,8-12H2,1-7H3,(H,22,26). The highest BCUT2D eigenvalue weighted by atomic mass is 79.9. The predicted molar refractivity (Wildman–Crippen MR) is 118 cm³/mol. The van der Waals surface area contributed by atoms with Crippen LogP contribution in [-0.4, -0.2) is 57.7 Å². The summed E-state index contributed by atoms with van der Waals surface area (Å²) in [5, 5.41) is 2.67. The first-order valence-corrected chi connectivity index (χ1v) is 11.8. The van der Waals surface area contributed by atoms with Gasteiger partial charge in [0.15, 0.2) is 5.78 Å². The van der Waals surface area contributed by atoms with Gasteiger partial charge in [0.2, 0.25) is 5.91 Å². The molecule has 0 saturated carbocycles. The second-order valence-electron chi connectivity index (χ2n) is 8.76. The second-order valence-corrected chi connectivity index (χ2v) is 10.5. The van der Waals surface area contributed by atoms with Crippen molar-refractivity contribution >= 4 is 51.3 Å². The van der Waals surface area contributed by atoms with E-state index in [0.29, 0.717) is 11.5 Å². The Morgan fingerprint density at radius 1 is 0.966 bits per heavy atom. The zero-order valence-corrected chi connectivity index (χ0v) is 20.8. The van der Waals surface area contributed by atoms with Gasteiger partial charge in [0.05, 0.1) is 24.2 Å². The Morgan fingerprint density at radius 2 is 1.48 bits per heavy atom. The third kappa shape index (κ3) is 14.5. The van der Waals surface area contributed by atoms with E-state index in [4.69, 9.17) is 9.47 Å². The summed E-state index contributed by atoms with van der Waals surface area (Å²) >= 11 is 4.54. The molecule has 7 nitrogen and oxygen atoms in total. The molecule has 29 heavy (non-hydrogen) atoms. The lowest BCUT2D eigenvalue weighted by atomic mass is 10.1. The van der Waals surface area contributed by atoms with E-state index in [-0.39, 0.29) is 41.7 Å². The van der Waals surface area contributed by atoms with Crippen LogP contribution in [-0.2, 0) is 28.7 Å². The number of halogens is 1. The number of rotatable bonds is 11. The molecule has 2 atom stereocenters. The minimum Gasteiger partial charge on any atom is -0.460 e. The van der Waals surface area contributed by atoms with Crippen molar-refractivity contribution in [3.05, 3.63) is 0 Å². The molecule has 2 unspecified atom stereocenters. The number of thioether (sulfide) groups is 1. The van der Waals surface area contributed by atoms with Crippen molar-refractivity contribution in [1.82, 2.24) is 5.32 Å². The van der Waals surface area contributed by atoms with E-state index < -0.39 is 23.2 Å². The van der Waals surface area contributed by atoms with Gasteiger partial charge in [0.1, 0.15) is 11.2 Å². The SMILES string of the molecule is CC(CSCCC(=O)OC(C)(C)C)C(=O)NC(CC(=O)OC(C)(C)C)C(=O)CBr. The minimum atomic E-state index is -0.939. The highest BCUT2D eigenvalue weighted by Crippen LogP contribution is 2.14. The van der Waals surface area contributed by atoms with Gasteiger partial charge in [-0.3, -0.25) is 19.2 Å². The zero-order chi connectivity index (χ0) is 22.8. The van der Waals surface area contributed by atoms with Crippen LogP contribution in [0.4, 0.5) is 0 Å². The van der Waals surface area contributed by atoms with Gasteiger partial charge in [-0.05, 0) is 41.5 Å². The van der Waals surface area contributed by atoms with E-state index >= 15 is 0 Å². The van der Waals surface area contributed by atoms with Gasteiger partial charge in [0.25, 0.3) is 0 Å². The van der Waals surface area contributed by atoms with Crippen LogP contribution in [0.1, 0.15) is 61.3 Å². The molecule has 0 aliphatic rings. The molecule has 0 aliphatic carbocycles. The van der Waals surface area contributed by atoms with E-state index in [9.17, 15) is 19.2 Å². The molecule has 0 spiro atoms. The molecule has 9 heteroatoms. The summed E-state index contributed by atoms with van der Waals surface area (Å²) in [5.74, 6) is -0.807. The molecule has 0 saturated heterocycles. The minimum absolute atomic E-state index is 0.0275. The normalized spacial score (nSPS) is 13.9. The largest absolute Gasteiger partial charge is 0.460 e. The summed E-state index contributed by atoms with van der Waals surface area (Å²) < 4.78 is 10.5. The molecule has 0 fully saturated rings. The Morgan fingerprint density at radius 3 is 1.97 bits per heavy atom. The first kappa shape index (κ1) is 27.9. The van der Waals surface area contributed by atoms with Crippen molar-refractivity contribution in [2.75, 3.05) is 16.8 Å². The number of Topliss-reactive ketones (excluding diaryl/α,β-unsaturated/α-hetero) is 1. The van der Waals surface area contributed by atoms with Crippen LogP contribution >= 0.6 is 27.7 Å². The Labute approximate surface area is 186 Å². The number of nitrogens with one attached hydrogen (secondary N) is 1. The van der Waals surface area contributed by atoms with Crippen molar-refractivity contribution in [3.8, 4) is 0 Å². The average Bonchev–Trinajstić information content (AvgIpc) is 2.53. The van der Waals surface area contributed by atoms with Gasteiger partial charge in [-0.2, -0.15) is 11.8 Å². The quantitative estimate of drug-likeness (QED) is 0.266. The van der Waals surface area contributed by atoms with Crippen LogP contribution in [0.5, 0.6) is 0 Å². The number of hydrogen-bond acceptors (Lipinski definition) is 7. The molecule has 1 N–H and O–H groups in total. The second kappa shape index (κ2) is 12.6.